The number of morpholine rings is 1. The molecule has 156 valence electrons. The van der Waals surface area contributed by atoms with Crippen LogP contribution in [0, 0.1) is 19.8 Å². The molecule has 2 aliphatic heterocycles. The summed E-state index contributed by atoms with van der Waals surface area (Å²) in [6.45, 7) is 10.6. The smallest absolute Gasteiger partial charge is 0.224 e. The molecule has 0 saturated carbocycles. The third-order valence-electron chi connectivity index (χ3n) is 5.91. The van der Waals surface area contributed by atoms with Crippen molar-refractivity contribution in [2.24, 2.45) is 5.92 Å². The maximum Gasteiger partial charge on any atom is 0.224 e. The number of fused-ring (bicyclic) bond motifs is 1. The molecule has 1 unspecified atom stereocenters. The van der Waals surface area contributed by atoms with E-state index in [1.54, 1.807) is 0 Å². The lowest BCUT2D eigenvalue weighted by atomic mass is 9.96. The maximum absolute atomic E-state index is 12.7. The van der Waals surface area contributed by atoms with Gasteiger partial charge in [0.15, 0.2) is 5.65 Å². The Morgan fingerprint density at radius 3 is 2.83 bits per heavy atom. The summed E-state index contributed by atoms with van der Waals surface area (Å²) in [7, 11) is 0. The highest BCUT2D eigenvalue weighted by Crippen LogP contribution is 2.25. The first-order valence-corrected chi connectivity index (χ1v) is 10.5. The van der Waals surface area contributed by atoms with Crippen LogP contribution in [-0.2, 0) is 9.53 Å². The largest absolute Gasteiger partial charge is 0.379 e. The van der Waals surface area contributed by atoms with Crippen LogP contribution in [0.1, 0.15) is 24.2 Å². The average Bonchev–Trinajstić information content (AvgIpc) is 2.75. The number of pyridine rings is 1. The van der Waals surface area contributed by atoms with Gasteiger partial charge in [0.05, 0.1) is 42.4 Å². The van der Waals surface area contributed by atoms with Gasteiger partial charge in [0, 0.05) is 39.3 Å². The van der Waals surface area contributed by atoms with Crippen LogP contribution in [0.25, 0.3) is 11.2 Å². The molecule has 4 rings (SSSR count). The number of hydrogen-bond acceptors (Lipinski definition) is 7. The highest BCUT2D eigenvalue weighted by Gasteiger charge is 2.26. The number of amides is 1. The van der Waals surface area contributed by atoms with E-state index in [0.717, 1.165) is 81.4 Å². The Labute approximate surface area is 171 Å². The Morgan fingerprint density at radius 2 is 2.00 bits per heavy atom. The quantitative estimate of drug-likeness (QED) is 0.813. The second-order valence-electron chi connectivity index (χ2n) is 7.96. The fraction of sp³-hybridized carbons (Fsp3) is 0.619. The molecule has 2 aromatic heterocycles. The number of nitrogens with zero attached hydrogens (tertiary/aromatic N) is 5. The zero-order valence-electron chi connectivity index (χ0n) is 17.4. The number of aromatic nitrogens is 3. The normalized spacial score (nSPS) is 20.8. The van der Waals surface area contributed by atoms with Crippen molar-refractivity contribution in [1.82, 2.24) is 25.2 Å². The Hall–Kier alpha value is -2.32. The number of piperidine rings is 1. The molecule has 0 aromatic carbocycles. The molecular weight excluding hydrogens is 368 g/mol. The number of anilines is 1. The lowest BCUT2D eigenvalue weighted by molar-refractivity contribution is -0.125. The summed E-state index contributed by atoms with van der Waals surface area (Å²) in [6, 6.07) is 2.04. The van der Waals surface area contributed by atoms with Crippen LogP contribution in [0.15, 0.2) is 12.3 Å². The molecule has 0 aliphatic carbocycles. The second-order valence-corrected chi connectivity index (χ2v) is 7.96. The second kappa shape index (κ2) is 9.00. The third kappa shape index (κ3) is 4.82. The highest BCUT2D eigenvalue weighted by molar-refractivity contribution is 5.80. The monoisotopic (exact) mass is 398 g/mol. The molecular formula is C21H30N6O2. The Balaban J connectivity index is 1.35. The number of aryl methyl sites for hydroxylation is 2. The molecule has 2 aliphatic rings. The molecule has 8 heteroatoms. The summed E-state index contributed by atoms with van der Waals surface area (Å²) in [4.78, 5) is 30.9. The summed E-state index contributed by atoms with van der Waals surface area (Å²) < 4.78 is 5.37. The molecule has 0 bridgehead atoms. The summed E-state index contributed by atoms with van der Waals surface area (Å²) in [6.07, 6.45) is 3.78. The number of hydrogen-bond donors (Lipinski definition) is 1. The zero-order valence-corrected chi connectivity index (χ0v) is 17.4. The van der Waals surface area contributed by atoms with Crippen LogP contribution >= 0.6 is 0 Å². The van der Waals surface area contributed by atoms with Gasteiger partial charge < -0.3 is 15.0 Å². The van der Waals surface area contributed by atoms with Gasteiger partial charge in [-0.3, -0.25) is 9.69 Å². The van der Waals surface area contributed by atoms with Gasteiger partial charge in [0.2, 0.25) is 5.91 Å². The maximum atomic E-state index is 12.7. The summed E-state index contributed by atoms with van der Waals surface area (Å²) in [5, 5.41) is 3.13. The number of carbonyl (C=O) groups excluding carboxylic acids is 1. The topological polar surface area (TPSA) is 83.5 Å². The van der Waals surface area contributed by atoms with Crippen LogP contribution in [0.4, 0.5) is 5.69 Å². The van der Waals surface area contributed by atoms with Crippen molar-refractivity contribution in [1.29, 1.82) is 0 Å². The molecule has 0 radical (unpaired) electrons. The predicted molar refractivity (Wildman–Crippen MR) is 112 cm³/mol. The molecule has 4 heterocycles. The number of rotatable bonds is 5. The number of carbonyl (C=O) groups is 1. The van der Waals surface area contributed by atoms with E-state index in [-0.39, 0.29) is 11.8 Å². The van der Waals surface area contributed by atoms with Crippen molar-refractivity contribution in [3.05, 3.63) is 23.7 Å². The molecule has 1 atom stereocenters. The van der Waals surface area contributed by atoms with Gasteiger partial charge in [-0.2, -0.15) is 0 Å². The standard InChI is InChI=1S/C21H30N6O2/c1-15-16(2)25-20-19(24-15)12-18(13-23-20)27-6-3-4-17(14-27)21(28)22-5-7-26-8-10-29-11-9-26/h12-13,17H,3-11,14H2,1-2H3,(H,22,28). The van der Waals surface area contributed by atoms with Crippen molar-refractivity contribution in [2.75, 3.05) is 57.4 Å². The molecule has 1 amide bonds. The van der Waals surface area contributed by atoms with Crippen molar-refractivity contribution in [3.63, 3.8) is 0 Å². The van der Waals surface area contributed by atoms with Crippen molar-refractivity contribution in [3.8, 4) is 0 Å². The van der Waals surface area contributed by atoms with E-state index in [4.69, 9.17) is 4.74 Å². The summed E-state index contributed by atoms with van der Waals surface area (Å²) >= 11 is 0. The van der Waals surface area contributed by atoms with Gasteiger partial charge in [0.1, 0.15) is 5.52 Å². The van der Waals surface area contributed by atoms with Gasteiger partial charge in [-0.1, -0.05) is 0 Å². The van der Waals surface area contributed by atoms with E-state index in [2.05, 4.69) is 30.1 Å². The highest BCUT2D eigenvalue weighted by atomic mass is 16.5. The van der Waals surface area contributed by atoms with E-state index in [1.807, 2.05) is 26.1 Å². The molecule has 1 N–H and O–H groups in total. The Bertz CT molecular complexity index is 868. The Morgan fingerprint density at radius 1 is 1.21 bits per heavy atom. The lowest BCUT2D eigenvalue weighted by Crippen LogP contribution is -2.46. The predicted octanol–water partition coefficient (Wildman–Crippen LogP) is 1.31. The summed E-state index contributed by atoms with van der Waals surface area (Å²) in [5.41, 5.74) is 4.33. The molecule has 2 aromatic rings. The minimum atomic E-state index is 0.00924. The first-order valence-electron chi connectivity index (χ1n) is 10.5. The molecule has 8 nitrogen and oxygen atoms in total. The first kappa shape index (κ1) is 20.0. The summed E-state index contributed by atoms with van der Waals surface area (Å²) in [5.74, 6) is 0.165. The third-order valence-corrected chi connectivity index (χ3v) is 5.91. The van der Waals surface area contributed by atoms with Gasteiger partial charge >= 0.3 is 0 Å². The molecule has 29 heavy (non-hydrogen) atoms. The average molecular weight is 399 g/mol. The zero-order chi connectivity index (χ0) is 20.2. The van der Waals surface area contributed by atoms with E-state index >= 15 is 0 Å². The van der Waals surface area contributed by atoms with Gasteiger partial charge in [0.25, 0.3) is 0 Å². The molecule has 2 saturated heterocycles. The van der Waals surface area contributed by atoms with Gasteiger partial charge in [-0.05, 0) is 32.8 Å². The van der Waals surface area contributed by atoms with Crippen LogP contribution in [-0.4, -0.2) is 78.2 Å². The van der Waals surface area contributed by atoms with Crippen molar-refractivity contribution < 1.29 is 9.53 Å². The fourth-order valence-corrected chi connectivity index (χ4v) is 4.01. The minimum absolute atomic E-state index is 0.00924. The number of nitrogens with one attached hydrogen (secondary N) is 1. The van der Waals surface area contributed by atoms with Crippen LogP contribution in [0.5, 0.6) is 0 Å². The van der Waals surface area contributed by atoms with E-state index < -0.39 is 0 Å². The molecule has 2 fully saturated rings. The fourth-order valence-electron chi connectivity index (χ4n) is 4.01. The SMILES string of the molecule is Cc1nc2cc(N3CCCC(C(=O)NCCN4CCOCC4)C3)cnc2nc1C. The van der Waals surface area contributed by atoms with Crippen LogP contribution in [0.3, 0.4) is 0 Å². The van der Waals surface area contributed by atoms with Crippen LogP contribution < -0.4 is 10.2 Å². The lowest BCUT2D eigenvalue weighted by Gasteiger charge is -2.33. The number of ether oxygens (including phenoxy) is 1. The van der Waals surface area contributed by atoms with Gasteiger partial charge in [-0.15, -0.1) is 0 Å². The van der Waals surface area contributed by atoms with E-state index in [1.165, 1.54) is 0 Å². The van der Waals surface area contributed by atoms with Gasteiger partial charge in [-0.25, -0.2) is 15.0 Å². The van der Waals surface area contributed by atoms with E-state index in [0.29, 0.717) is 12.2 Å². The van der Waals surface area contributed by atoms with E-state index in [9.17, 15) is 4.79 Å². The van der Waals surface area contributed by atoms with Crippen molar-refractivity contribution in [2.45, 2.75) is 26.7 Å². The molecule has 0 spiro atoms. The van der Waals surface area contributed by atoms with Crippen molar-refractivity contribution >= 4 is 22.8 Å². The Kier molecular flexibility index (Phi) is 6.20. The van der Waals surface area contributed by atoms with Crippen LogP contribution in [0.2, 0.25) is 0 Å². The minimum Gasteiger partial charge on any atom is -0.379 e. The first-order chi connectivity index (χ1) is 14.1.